The SMILES string of the molecule is C(#Cc1cnccn1)c1ccc(N2CCCC2)nc1.C(#Cc1ncccn1)c1ccc(N2CCCC2)nc1.C(#Cc1ncccn1)c1cccc(-c2cccnc2)n1.C(#Cc1ncccn1)c1cncc(-c2cccnc2)n1.COc1c[nH+]cc(C#Cc2nccc[nH+]2)c1.COc1ccnc(C#Cc2ccc(N3CCCC3)nc2)n1.Cc1ccc(C#Cc2cccnc2)nn1.[Cl-].[Cl-]. The first-order chi connectivity index (χ1) is 64.2. The van der Waals surface area contributed by atoms with Crippen LogP contribution in [0.2, 0.25) is 0 Å². The summed E-state index contributed by atoms with van der Waals surface area (Å²) in [5.41, 5.74) is 11.3. The number of rotatable bonds is 7. The first-order valence-electron chi connectivity index (χ1n) is 41.1. The van der Waals surface area contributed by atoms with Crippen molar-refractivity contribution in [3.63, 3.8) is 0 Å². The summed E-state index contributed by atoms with van der Waals surface area (Å²) < 4.78 is 10.1. The van der Waals surface area contributed by atoms with Gasteiger partial charge in [-0.1, -0.05) is 29.7 Å². The topological polar surface area (TPSA) is 340 Å². The lowest BCUT2D eigenvalue weighted by atomic mass is 10.2. The van der Waals surface area contributed by atoms with E-state index in [-0.39, 0.29) is 24.8 Å². The third kappa shape index (κ3) is 32.7. The van der Waals surface area contributed by atoms with Crippen LogP contribution < -0.4 is 59.0 Å². The fourth-order valence-corrected chi connectivity index (χ4v) is 11.8. The Hall–Kier alpha value is -17.7. The number of hydrogen-bond acceptors (Lipinski definition) is 27. The Labute approximate surface area is 777 Å². The molecule has 0 bridgehead atoms. The van der Waals surface area contributed by atoms with Gasteiger partial charge in [-0.25, -0.2) is 74.8 Å². The number of anilines is 3. The van der Waals surface area contributed by atoms with E-state index in [9.17, 15) is 0 Å². The van der Waals surface area contributed by atoms with Gasteiger partial charge in [-0.15, -0.1) is 5.10 Å². The quantitative estimate of drug-likeness (QED) is 0.180. The van der Waals surface area contributed by atoms with Crippen molar-refractivity contribution in [1.82, 2.24) is 110 Å². The lowest BCUT2D eigenvalue weighted by Gasteiger charge is -2.15. The van der Waals surface area contributed by atoms with Crippen LogP contribution in [0.1, 0.15) is 124 Å². The van der Waals surface area contributed by atoms with E-state index < -0.39 is 0 Å². The number of aromatic amines is 2. The van der Waals surface area contributed by atoms with Gasteiger partial charge < -0.3 is 49.0 Å². The van der Waals surface area contributed by atoms with Crippen LogP contribution in [0.25, 0.3) is 22.5 Å². The first kappa shape index (κ1) is 95.0. The molecule has 16 aromatic rings. The lowest BCUT2D eigenvalue weighted by Crippen LogP contribution is -3.00. The van der Waals surface area contributed by atoms with E-state index >= 15 is 0 Å². The molecule has 19 rings (SSSR count). The number of methoxy groups -OCH3 is 2. The number of hydrogen-bond donors (Lipinski definition) is 0. The number of pyridine rings is 8. The van der Waals surface area contributed by atoms with Crippen LogP contribution in [0.4, 0.5) is 17.5 Å². The zero-order valence-electron chi connectivity index (χ0n) is 72.0. The minimum Gasteiger partial charge on any atom is -1.00 e. The van der Waals surface area contributed by atoms with Crippen LogP contribution in [0.5, 0.6) is 11.6 Å². The molecule has 29 nitrogen and oxygen atoms in total. The normalized spacial score (nSPS) is 11.2. The van der Waals surface area contributed by atoms with Crippen molar-refractivity contribution in [1.29, 1.82) is 0 Å². The molecule has 31 heteroatoms. The highest BCUT2D eigenvalue weighted by atomic mass is 35.5. The van der Waals surface area contributed by atoms with E-state index in [0.717, 1.165) is 118 Å². The number of nitrogens with zero attached hydrogens (tertiary/aromatic N) is 25. The zero-order chi connectivity index (χ0) is 89.3. The molecule has 3 fully saturated rings. The van der Waals surface area contributed by atoms with Crippen LogP contribution in [-0.4, -0.2) is 163 Å². The van der Waals surface area contributed by atoms with Gasteiger partial charge in [-0.3, -0.25) is 24.9 Å². The standard InChI is InChI=1S/C16H16N4O.C16H10N4.C15H9N5.2C15H14N4.C12H9N3O.C12H9N3.2ClH/c1-21-16-8-9-17-14(19-16)6-4-13-5-7-15(18-12-13)20-10-2-3-11-20;1-5-14(7-8-16-18-10-3-11-19-16)20-15(6-1)13-4-2-9-17-12-13;1-3-12(9-16-6-1)14-11-17-10-13(20-14)4-5-15-18-7-2-8-19-15;1-2-11-19(10-1)15-7-5-13(12-18-15)4-6-14-16-8-3-9-17-14;1-2-10-19(9-1)15-6-4-13(11-18-15)3-5-14-12-16-7-8-17-14;1-16-11-7-10(8-13-9-11)3-4-12-14-5-2-6-15-12;1-10-4-6-12(15-14-10)7-5-11-3-2-8-13-9-11;;/h5,7-9,12H,2-3,10-11H2,1H3;1-6,9-12H;1-3,6-11H;3,5,7-9,12H,1-2,10-11H2;4,6-8,11-12H,1-2,9-10H2;2,5-9H,1H3;2-4,6,8-9H,1H3;2*1H. The predicted octanol–water partition coefficient (Wildman–Crippen LogP) is 5.39. The summed E-state index contributed by atoms with van der Waals surface area (Å²) >= 11 is 0. The monoisotopic (exact) mass is 1780 g/mol. The number of nitrogens with one attached hydrogen (secondary N) is 2. The Morgan fingerprint density at radius 3 is 1.29 bits per heavy atom. The fraction of sp³-hybridized carbons (Fsp3) is 0.149. The zero-order valence-corrected chi connectivity index (χ0v) is 73.5. The summed E-state index contributed by atoms with van der Waals surface area (Å²) in [4.78, 5) is 96.0. The lowest BCUT2D eigenvalue weighted by molar-refractivity contribution is -0.386. The molecular formula is C101H83Cl2N27O2. The predicted molar refractivity (Wildman–Crippen MR) is 490 cm³/mol. The number of ether oxygens (including phenoxy) is 2. The van der Waals surface area contributed by atoms with Crippen molar-refractivity contribution in [2.45, 2.75) is 45.4 Å². The molecule has 0 aliphatic carbocycles. The van der Waals surface area contributed by atoms with Gasteiger partial charge in [0, 0.05) is 208 Å². The van der Waals surface area contributed by atoms with Gasteiger partial charge in [0.15, 0.2) is 11.9 Å². The second-order valence-corrected chi connectivity index (χ2v) is 27.6. The van der Waals surface area contributed by atoms with E-state index in [4.69, 9.17) is 9.47 Å². The molecule has 0 saturated carbocycles. The summed E-state index contributed by atoms with van der Waals surface area (Å²) in [6.45, 7) is 8.51. The maximum absolute atomic E-state index is 5.08. The van der Waals surface area contributed by atoms with Gasteiger partial charge >= 0.3 is 5.82 Å². The largest absolute Gasteiger partial charge is 1.00 e. The maximum atomic E-state index is 5.08. The highest BCUT2D eigenvalue weighted by molar-refractivity contribution is 5.60. The molecule has 16 aromatic heterocycles. The van der Waals surface area contributed by atoms with Gasteiger partial charge in [0.2, 0.25) is 35.4 Å². The van der Waals surface area contributed by atoms with Gasteiger partial charge in [0.25, 0.3) is 0 Å². The van der Waals surface area contributed by atoms with Crippen molar-refractivity contribution in [2.75, 3.05) is 68.2 Å². The third-order valence-electron chi connectivity index (χ3n) is 18.2. The van der Waals surface area contributed by atoms with E-state index in [1.165, 1.54) is 38.5 Å². The Bertz CT molecular complexity index is 6450. The third-order valence-corrected chi connectivity index (χ3v) is 18.2. The van der Waals surface area contributed by atoms with Crippen LogP contribution in [0.15, 0.2) is 294 Å². The average molecular weight is 1780 g/mol. The molecule has 0 radical (unpaired) electrons. The average Bonchev–Trinajstić information content (AvgIpc) is 1.87. The Morgan fingerprint density at radius 2 is 0.788 bits per heavy atom. The van der Waals surface area contributed by atoms with Crippen molar-refractivity contribution >= 4 is 17.5 Å². The first-order valence-corrected chi connectivity index (χ1v) is 41.1. The molecule has 3 aliphatic heterocycles. The second-order valence-electron chi connectivity index (χ2n) is 27.6. The van der Waals surface area contributed by atoms with Crippen LogP contribution in [-0.2, 0) is 0 Å². The second kappa shape index (κ2) is 53.6. The van der Waals surface area contributed by atoms with Gasteiger partial charge in [0.1, 0.15) is 46.4 Å². The Balaban J connectivity index is 0.000000149. The molecule has 0 unspecified atom stereocenters. The molecule has 3 aliphatic rings. The van der Waals surface area contributed by atoms with Crippen molar-refractivity contribution in [3.8, 4) is 117 Å². The maximum Gasteiger partial charge on any atom is 0.374 e. The van der Waals surface area contributed by atoms with E-state index in [1.807, 2.05) is 135 Å². The Morgan fingerprint density at radius 1 is 0.303 bits per heavy atom. The van der Waals surface area contributed by atoms with Crippen LogP contribution in [0, 0.1) is 89.8 Å². The molecule has 0 aromatic carbocycles. The molecule has 648 valence electrons. The van der Waals surface area contributed by atoms with Crippen molar-refractivity contribution in [3.05, 3.63) is 380 Å². The smallest absolute Gasteiger partial charge is 0.374 e. The molecule has 19 heterocycles. The summed E-state index contributed by atoms with van der Waals surface area (Å²) in [6, 6.07) is 43.5. The molecule has 0 spiro atoms. The summed E-state index contributed by atoms with van der Waals surface area (Å²) in [6.07, 6.45) is 50.2. The number of H-pyrrole nitrogens is 2. The molecule has 2 N–H and O–H groups in total. The van der Waals surface area contributed by atoms with Gasteiger partial charge in [-0.2, -0.15) is 10.1 Å². The minimum absolute atomic E-state index is 0. The number of halogens is 2. The van der Waals surface area contributed by atoms with Crippen molar-refractivity contribution < 1.29 is 44.3 Å². The van der Waals surface area contributed by atoms with E-state index in [0.29, 0.717) is 57.8 Å². The molecular weight excluding hydrogens is 1690 g/mol. The molecule has 0 atom stereocenters. The highest BCUT2D eigenvalue weighted by Gasteiger charge is 2.16. The molecule has 0 amide bonds. The highest BCUT2D eigenvalue weighted by Crippen LogP contribution is 2.22. The van der Waals surface area contributed by atoms with Gasteiger partial charge in [-0.05, 0) is 219 Å². The van der Waals surface area contributed by atoms with Crippen LogP contribution in [0.3, 0.4) is 0 Å². The summed E-state index contributed by atoms with van der Waals surface area (Å²) in [5.74, 6) is 48.2. The summed E-state index contributed by atoms with van der Waals surface area (Å²) in [7, 11) is 3.19. The molecule has 132 heavy (non-hydrogen) atoms. The minimum atomic E-state index is 0. The van der Waals surface area contributed by atoms with E-state index in [1.54, 1.807) is 181 Å². The molecule has 3 saturated heterocycles. The van der Waals surface area contributed by atoms with Crippen molar-refractivity contribution in [2.24, 2.45) is 0 Å². The fourth-order valence-electron chi connectivity index (χ4n) is 11.8. The van der Waals surface area contributed by atoms with Crippen LogP contribution >= 0.6 is 0 Å². The van der Waals surface area contributed by atoms with Gasteiger partial charge in [0.05, 0.1) is 61.7 Å². The number of aromatic nitrogens is 24. The Kier molecular flexibility index (Phi) is 38.6. The van der Waals surface area contributed by atoms with E-state index in [2.05, 4.69) is 217 Å². The number of aryl methyl sites for hydroxylation is 1. The summed E-state index contributed by atoms with van der Waals surface area (Å²) in [5, 5.41) is 7.87.